The fraction of sp³-hybridized carbons (Fsp3) is 0.333. The van der Waals surface area contributed by atoms with Crippen molar-refractivity contribution in [2.75, 3.05) is 32.8 Å². The summed E-state index contributed by atoms with van der Waals surface area (Å²) in [6.45, 7) is 3.73. The molecule has 0 aliphatic carbocycles. The molecule has 5 heteroatoms. The molecular formula is C18H19ClFNO2. The van der Waals surface area contributed by atoms with Crippen molar-refractivity contribution in [2.45, 2.75) is 6.10 Å². The van der Waals surface area contributed by atoms with Crippen molar-refractivity contribution in [1.82, 2.24) is 4.90 Å². The third kappa shape index (κ3) is 4.09. The van der Waals surface area contributed by atoms with E-state index in [1.807, 2.05) is 24.3 Å². The molecule has 3 rings (SSSR count). The molecule has 2 aromatic carbocycles. The maximum Gasteiger partial charge on any atom is 0.124 e. The zero-order chi connectivity index (χ0) is 16.2. The Hall–Kier alpha value is -1.46. The summed E-state index contributed by atoms with van der Waals surface area (Å²) in [7, 11) is 0. The molecule has 1 atom stereocenters. The SMILES string of the molecule is O[C@H](CN1CCOCC1)c1ccc(-c2ccc(F)cc2Cl)cc1. The summed E-state index contributed by atoms with van der Waals surface area (Å²) in [5.74, 6) is -0.351. The average Bonchev–Trinajstić information content (AvgIpc) is 2.56. The van der Waals surface area contributed by atoms with Crippen molar-refractivity contribution in [2.24, 2.45) is 0 Å². The normalized spacial score (nSPS) is 17.2. The van der Waals surface area contributed by atoms with E-state index in [4.69, 9.17) is 16.3 Å². The second kappa shape index (κ2) is 7.41. The van der Waals surface area contributed by atoms with Gasteiger partial charge in [0.15, 0.2) is 0 Å². The second-order valence-electron chi connectivity index (χ2n) is 5.67. The van der Waals surface area contributed by atoms with Crippen LogP contribution in [0, 0.1) is 5.82 Å². The Morgan fingerprint density at radius 1 is 1.13 bits per heavy atom. The van der Waals surface area contributed by atoms with Crippen LogP contribution in [-0.2, 0) is 4.74 Å². The first-order chi connectivity index (χ1) is 11.1. The van der Waals surface area contributed by atoms with Crippen molar-refractivity contribution >= 4 is 11.6 Å². The molecule has 0 radical (unpaired) electrons. The molecule has 1 aliphatic heterocycles. The lowest BCUT2D eigenvalue weighted by Crippen LogP contribution is -2.38. The van der Waals surface area contributed by atoms with E-state index in [-0.39, 0.29) is 5.82 Å². The van der Waals surface area contributed by atoms with Gasteiger partial charge in [-0.15, -0.1) is 0 Å². The molecule has 1 N–H and O–H groups in total. The number of rotatable bonds is 4. The van der Waals surface area contributed by atoms with Crippen LogP contribution >= 0.6 is 11.6 Å². The number of β-amino-alcohol motifs (C(OH)–C–C–N with tert-alkyl or cyclic N) is 1. The van der Waals surface area contributed by atoms with E-state index in [9.17, 15) is 9.50 Å². The number of hydrogen-bond acceptors (Lipinski definition) is 3. The number of benzene rings is 2. The Labute approximate surface area is 140 Å². The van der Waals surface area contributed by atoms with E-state index < -0.39 is 6.10 Å². The average molecular weight is 336 g/mol. The Morgan fingerprint density at radius 3 is 2.48 bits per heavy atom. The van der Waals surface area contributed by atoms with Crippen LogP contribution < -0.4 is 0 Å². The lowest BCUT2D eigenvalue weighted by atomic mass is 10.0. The molecule has 1 fully saturated rings. The van der Waals surface area contributed by atoms with Crippen LogP contribution in [0.2, 0.25) is 5.02 Å². The van der Waals surface area contributed by atoms with Gasteiger partial charge in [-0.3, -0.25) is 4.90 Å². The zero-order valence-electron chi connectivity index (χ0n) is 12.7. The number of aliphatic hydroxyl groups excluding tert-OH is 1. The molecule has 0 aromatic heterocycles. The van der Waals surface area contributed by atoms with Crippen molar-refractivity contribution in [3.63, 3.8) is 0 Å². The highest BCUT2D eigenvalue weighted by atomic mass is 35.5. The van der Waals surface area contributed by atoms with Crippen LogP contribution in [-0.4, -0.2) is 42.9 Å². The lowest BCUT2D eigenvalue weighted by molar-refractivity contribution is 0.0143. The summed E-state index contributed by atoms with van der Waals surface area (Å²) < 4.78 is 18.4. The summed E-state index contributed by atoms with van der Waals surface area (Å²) in [4.78, 5) is 2.19. The molecule has 1 aliphatic rings. The lowest BCUT2D eigenvalue weighted by Gasteiger charge is -2.28. The van der Waals surface area contributed by atoms with Gasteiger partial charge in [-0.2, -0.15) is 0 Å². The third-order valence-electron chi connectivity index (χ3n) is 4.07. The number of hydrogen-bond donors (Lipinski definition) is 1. The van der Waals surface area contributed by atoms with Crippen LogP contribution in [0.25, 0.3) is 11.1 Å². The fourth-order valence-electron chi connectivity index (χ4n) is 2.74. The Bertz CT molecular complexity index is 657. The van der Waals surface area contributed by atoms with Crippen molar-refractivity contribution in [3.8, 4) is 11.1 Å². The number of halogens is 2. The van der Waals surface area contributed by atoms with Crippen molar-refractivity contribution < 1.29 is 14.2 Å². The summed E-state index contributed by atoms with van der Waals surface area (Å²) >= 11 is 6.09. The van der Waals surface area contributed by atoms with Gasteiger partial charge < -0.3 is 9.84 Å². The molecule has 0 saturated carbocycles. The van der Waals surface area contributed by atoms with Crippen LogP contribution in [0.4, 0.5) is 4.39 Å². The fourth-order valence-corrected chi connectivity index (χ4v) is 3.02. The van der Waals surface area contributed by atoms with Crippen molar-refractivity contribution in [1.29, 1.82) is 0 Å². The minimum absolute atomic E-state index is 0.351. The van der Waals surface area contributed by atoms with Gasteiger partial charge in [-0.25, -0.2) is 4.39 Å². The maximum atomic E-state index is 13.1. The Balaban J connectivity index is 1.71. The first-order valence-corrected chi connectivity index (χ1v) is 8.05. The van der Waals surface area contributed by atoms with E-state index in [1.54, 1.807) is 6.07 Å². The van der Waals surface area contributed by atoms with E-state index in [0.29, 0.717) is 24.8 Å². The van der Waals surface area contributed by atoms with Gasteiger partial charge in [0.25, 0.3) is 0 Å². The molecule has 0 bridgehead atoms. The predicted molar refractivity (Wildman–Crippen MR) is 89.1 cm³/mol. The van der Waals surface area contributed by atoms with Crippen molar-refractivity contribution in [3.05, 3.63) is 58.9 Å². The summed E-state index contributed by atoms with van der Waals surface area (Å²) in [5, 5.41) is 10.7. The van der Waals surface area contributed by atoms with Gasteiger partial charge >= 0.3 is 0 Å². The molecule has 122 valence electrons. The third-order valence-corrected chi connectivity index (χ3v) is 4.39. The zero-order valence-corrected chi connectivity index (χ0v) is 13.5. The molecule has 3 nitrogen and oxygen atoms in total. The molecular weight excluding hydrogens is 317 g/mol. The number of morpholine rings is 1. The van der Waals surface area contributed by atoms with Crippen LogP contribution in [0.1, 0.15) is 11.7 Å². The Morgan fingerprint density at radius 2 is 1.83 bits per heavy atom. The van der Waals surface area contributed by atoms with Gasteiger partial charge in [0.2, 0.25) is 0 Å². The van der Waals surface area contributed by atoms with Crippen LogP contribution in [0.3, 0.4) is 0 Å². The van der Waals surface area contributed by atoms with Crippen LogP contribution in [0.5, 0.6) is 0 Å². The van der Waals surface area contributed by atoms with E-state index in [1.165, 1.54) is 12.1 Å². The minimum Gasteiger partial charge on any atom is -0.387 e. The van der Waals surface area contributed by atoms with Gasteiger partial charge in [-0.1, -0.05) is 35.9 Å². The highest BCUT2D eigenvalue weighted by Crippen LogP contribution is 2.29. The highest BCUT2D eigenvalue weighted by Gasteiger charge is 2.16. The number of aliphatic hydroxyl groups is 1. The minimum atomic E-state index is -0.536. The maximum absolute atomic E-state index is 13.1. The first kappa shape index (κ1) is 16.4. The molecule has 23 heavy (non-hydrogen) atoms. The quantitative estimate of drug-likeness (QED) is 0.928. The summed E-state index contributed by atoms with van der Waals surface area (Å²) in [6, 6.07) is 11.9. The molecule has 1 saturated heterocycles. The predicted octanol–water partition coefficient (Wildman–Crippen LogP) is 3.51. The smallest absolute Gasteiger partial charge is 0.124 e. The first-order valence-electron chi connectivity index (χ1n) is 7.67. The largest absolute Gasteiger partial charge is 0.387 e. The summed E-state index contributed by atoms with van der Waals surface area (Å²) in [6.07, 6.45) is -0.536. The summed E-state index contributed by atoms with van der Waals surface area (Å²) in [5.41, 5.74) is 2.54. The topological polar surface area (TPSA) is 32.7 Å². The second-order valence-corrected chi connectivity index (χ2v) is 6.08. The molecule has 0 amide bonds. The monoisotopic (exact) mass is 335 g/mol. The number of ether oxygens (including phenoxy) is 1. The standard InChI is InChI=1S/C18H19ClFNO2/c19-17-11-15(20)5-6-16(17)13-1-3-14(4-2-13)18(22)12-21-7-9-23-10-8-21/h1-6,11,18,22H,7-10,12H2/t18-/m1/s1. The van der Waals surface area contributed by atoms with E-state index in [0.717, 1.165) is 29.8 Å². The molecule has 0 unspecified atom stereocenters. The Kier molecular flexibility index (Phi) is 5.28. The van der Waals surface area contributed by atoms with Crippen LogP contribution in [0.15, 0.2) is 42.5 Å². The van der Waals surface area contributed by atoms with E-state index in [2.05, 4.69) is 4.90 Å². The molecule has 1 heterocycles. The molecule has 0 spiro atoms. The van der Waals surface area contributed by atoms with Gasteiger partial charge in [0.05, 0.1) is 24.3 Å². The molecule has 2 aromatic rings. The van der Waals surface area contributed by atoms with Gasteiger partial charge in [0, 0.05) is 25.2 Å². The highest BCUT2D eigenvalue weighted by molar-refractivity contribution is 6.33. The van der Waals surface area contributed by atoms with E-state index >= 15 is 0 Å². The van der Waals surface area contributed by atoms with Gasteiger partial charge in [-0.05, 0) is 29.3 Å². The number of nitrogens with zero attached hydrogens (tertiary/aromatic N) is 1. The van der Waals surface area contributed by atoms with Gasteiger partial charge in [0.1, 0.15) is 5.82 Å².